The molecule has 0 heterocycles. The predicted molar refractivity (Wildman–Crippen MR) is 126 cm³/mol. The van der Waals surface area contributed by atoms with Crippen molar-refractivity contribution in [3.05, 3.63) is 60.2 Å². The molecule has 4 aliphatic carbocycles. The lowest BCUT2D eigenvalue weighted by Gasteiger charge is -2.60. The van der Waals surface area contributed by atoms with Gasteiger partial charge in [0.1, 0.15) is 18.1 Å². The smallest absolute Gasteiger partial charge is 0.276 e. The van der Waals surface area contributed by atoms with Gasteiger partial charge in [-0.3, -0.25) is 20.4 Å². The second-order valence-electron chi connectivity index (χ2n) is 10.5. The molecule has 2 aromatic rings. The molecule has 7 nitrogen and oxygen atoms in total. The first-order valence-corrected chi connectivity index (χ1v) is 12.1. The van der Waals surface area contributed by atoms with Crippen molar-refractivity contribution in [3.8, 4) is 11.5 Å². The Morgan fingerprint density at radius 3 is 2.12 bits per heavy atom. The van der Waals surface area contributed by atoms with Crippen molar-refractivity contribution in [1.29, 1.82) is 0 Å². The molecule has 4 fully saturated rings. The van der Waals surface area contributed by atoms with Crippen molar-refractivity contribution >= 4 is 11.8 Å². The van der Waals surface area contributed by atoms with Crippen LogP contribution in [0, 0.1) is 17.3 Å². The molecule has 7 heteroatoms. The van der Waals surface area contributed by atoms with E-state index in [1.807, 2.05) is 30.3 Å². The molecule has 0 spiro atoms. The topological polar surface area (TPSA) is 96.9 Å². The van der Waals surface area contributed by atoms with Crippen LogP contribution in [0.3, 0.4) is 0 Å². The van der Waals surface area contributed by atoms with Crippen molar-refractivity contribution in [1.82, 2.24) is 10.9 Å². The molecule has 2 amide bonds. The molecular weight excluding hydrogens is 432 g/mol. The Balaban J connectivity index is 1.03. The summed E-state index contributed by atoms with van der Waals surface area (Å²) in [7, 11) is 0. The maximum Gasteiger partial charge on any atom is 0.276 e. The quantitative estimate of drug-likeness (QED) is 0.520. The van der Waals surface area contributed by atoms with Gasteiger partial charge in [-0.05, 0) is 85.6 Å². The Kier molecular flexibility index (Phi) is 6.21. The van der Waals surface area contributed by atoms with Gasteiger partial charge in [0.15, 0.2) is 6.61 Å². The summed E-state index contributed by atoms with van der Waals surface area (Å²) in [6, 6.07) is 17.0. The van der Waals surface area contributed by atoms with E-state index in [4.69, 9.17) is 9.47 Å². The monoisotopic (exact) mass is 464 g/mol. The zero-order valence-corrected chi connectivity index (χ0v) is 19.3. The van der Waals surface area contributed by atoms with Crippen LogP contribution < -0.4 is 20.3 Å². The second-order valence-corrected chi connectivity index (χ2v) is 10.5. The fraction of sp³-hybridized carbons (Fsp3) is 0.481. The Morgan fingerprint density at radius 1 is 0.853 bits per heavy atom. The van der Waals surface area contributed by atoms with Crippen LogP contribution >= 0.6 is 0 Å². The second kappa shape index (κ2) is 9.29. The number of aliphatic hydroxyl groups is 1. The third-order valence-electron chi connectivity index (χ3n) is 7.47. The van der Waals surface area contributed by atoms with Crippen LogP contribution in [0.1, 0.15) is 50.5 Å². The van der Waals surface area contributed by atoms with E-state index in [2.05, 4.69) is 10.9 Å². The number of ether oxygens (including phenoxy) is 2. The molecule has 180 valence electrons. The molecule has 4 bridgehead atoms. The number of nitrogens with one attached hydrogen (secondary N) is 2. The highest BCUT2D eigenvalue weighted by Gasteiger charge is 2.57. The minimum absolute atomic E-state index is 0.130. The minimum Gasteiger partial charge on any atom is -0.489 e. The molecule has 2 unspecified atom stereocenters. The van der Waals surface area contributed by atoms with Gasteiger partial charge < -0.3 is 14.6 Å². The molecule has 34 heavy (non-hydrogen) atoms. The van der Waals surface area contributed by atoms with Gasteiger partial charge in [0.05, 0.1) is 5.60 Å². The van der Waals surface area contributed by atoms with Crippen LogP contribution in [0.4, 0.5) is 0 Å². The SMILES string of the molecule is O=C(COc1ccc(OCc2ccccc2)cc1)NNC(=O)CC12CC3CC(CC(O)(C3)C1)C2. The number of benzene rings is 2. The Bertz CT molecular complexity index is 1010. The molecule has 0 radical (unpaired) electrons. The normalized spacial score (nSPS) is 28.9. The lowest BCUT2D eigenvalue weighted by molar-refractivity contribution is -0.169. The van der Waals surface area contributed by atoms with E-state index in [9.17, 15) is 14.7 Å². The number of hydrogen-bond acceptors (Lipinski definition) is 5. The van der Waals surface area contributed by atoms with Gasteiger partial charge in [-0.2, -0.15) is 0 Å². The van der Waals surface area contributed by atoms with Crippen LogP contribution in [0.15, 0.2) is 54.6 Å². The summed E-state index contributed by atoms with van der Waals surface area (Å²) in [5.74, 6) is 1.66. The number of carbonyl (C=O) groups excluding carboxylic acids is 2. The van der Waals surface area contributed by atoms with E-state index >= 15 is 0 Å². The van der Waals surface area contributed by atoms with Crippen molar-refractivity contribution in [2.24, 2.45) is 17.3 Å². The first kappa shape index (κ1) is 22.7. The highest BCUT2D eigenvalue weighted by molar-refractivity contribution is 5.83. The van der Waals surface area contributed by atoms with Crippen molar-refractivity contribution < 1.29 is 24.2 Å². The molecule has 2 aromatic carbocycles. The molecule has 2 atom stereocenters. The van der Waals surface area contributed by atoms with E-state index in [-0.39, 0.29) is 17.9 Å². The molecule has 0 aromatic heterocycles. The lowest BCUT2D eigenvalue weighted by atomic mass is 9.47. The number of hydrogen-bond donors (Lipinski definition) is 3. The Morgan fingerprint density at radius 2 is 1.47 bits per heavy atom. The van der Waals surface area contributed by atoms with Gasteiger partial charge in [-0.1, -0.05) is 30.3 Å². The summed E-state index contributed by atoms with van der Waals surface area (Å²) in [6.07, 6.45) is 5.97. The van der Waals surface area contributed by atoms with Gasteiger partial charge in [0, 0.05) is 6.42 Å². The summed E-state index contributed by atoms with van der Waals surface area (Å²) >= 11 is 0. The molecule has 4 aliphatic rings. The predicted octanol–water partition coefficient (Wildman–Crippen LogP) is 3.51. The fourth-order valence-corrected chi connectivity index (χ4v) is 6.69. The molecule has 3 N–H and O–H groups in total. The van der Waals surface area contributed by atoms with Crippen LogP contribution in [-0.4, -0.2) is 29.1 Å². The van der Waals surface area contributed by atoms with Gasteiger partial charge >= 0.3 is 0 Å². The van der Waals surface area contributed by atoms with Gasteiger partial charge in [-0.25, -0.2) is 0 Å². The van der Waals surface area contributed by atoms with E-state index in [0.717, 1.165) is 31.2 Å². The maximum absolute atomic E-state index is 12.6. The molecular formula is C27H32N2O5. The molecule has 6 rings (SSSR count). The highest BCUT2D eigenvalue weighted by Crippen LogP contribution is 2.62. The molecule has 4 saturated carbocycles. The first-order valence-electron chi connectivity index (χ1n) is 12.1. The zero-order valence-electron chi connectivity index (χ0n) is 19.3. The third-order valence-corrected chi connectivity index (χ3v) is 7.47. The number of hydrazine groups is 1. The van der Waals surface area contributed by atoms with Crippen molar-refractivity contribution in [3.63, 3.8) is 0 Å². The average molecular weight is 465 g/mol. The summed E-state index contributed by atoms with van der Waals surface area (Å²) in [5, 5.41) is 10.9. The van der Waals surface area contributed by atoms with Crippen LogP contribution in [0.25, 0.3) is 0 Å². The van der Waals surface area contributed by atoms with Crippen molar-refractivity contribution in [2.75, 3.05) is 6.61 Å². The highest BCUT2D eigenvalue weighted by atomic mass is 16.5. The van der Waals surface area contributed by atoms with E-state index in [1.54, 1.807) is 24.3 Å². The first-order chi connectivity index (χ1) is 16.4. The number of amides is 2. The number of carbonyl (C=O) groups is 2. The molecule has 0 aliphatic heterocycles. The van der Waals surface area contributed by atoms with Crippen LogP contribution in [0.2, 0.25) is 0 Å². The average Bonchev–Trinajstić information content (AvgIpc) is 2.79. The van der Waals surface area contributed by atoms with Gasteiger partial charge in [-0.15, -0.1) is 0 Å². The zero-order chi connectivity index (χ0) is 23.6. The Hall–Kier alpha value is -3.06. The van der Waals surface area contributed by atoms with Crippen LogP contribution in [0.5, 0.6) is 11.5 Å². The Labute approximate surface area is 199 Å². The van der Waals surface area contributed by atoms with E-state index in [1.165, 1.54) is 6.42 Å². The van der Waals surface area contributed by atoms with Gasteiger partial charge in [0.2, 0.25) is 5.91 Å². The molecule has 0 saturated heterocycles. The summed E-state index contributed by atoms with van der Waals surface area (Å²) in [5.41, 5.74) is 5.33. The van der Waals surface area contributed by atoms with Crippen molar-refractivity contribution in [2.45, 2.75) is 57.2 Å². The fourth-order valence-electron chi connectivity index (χ4n) is 6.69. The maximum atomic E-state index is 12.6. The lowest BCUT2D eigenvalue weighted by Crippen LogP contribution is -2.57. The van der Waals surface area contributed by atoms with Crippen LogP contribution in [-0.2, 0) is 16.2 Å². The third kappa shape index (κ3) is 5.36. The van der Waals surface area contributed by atoms with Gasteiger partial charge in [0.25, 0.3) is 5.91 Å². The summed E-state index contributed by atoms with van der Waals surface area (Å²) in [6.45, 7) is 0.268. The van der Waals surface area contributed by atoms with E-state index in [0.29, 0.717) is 42.8 Å². The summed E-state index contributed by atoms with van der Waals surface area (Å²) in [4.78, 5) is 24.7. The van der Waals surface area contributed by atoms with E-state index < -0.39 is 11.5 Å². The largest absolute Gasteiger partial charge is 0.489 e. The minimum atomic E-state index is -0.594. The standard InChI is InChI=1S/C27H32N2O5/c30-24(15-26-11-20-10-21(12-26)14-27(32,13-20)18-26)28-29-25(31)17-34-23-8-6-22(7-9-23)33-16-19-4-2-1-3-5-19/h1-9,20-21,32H,10-18H2,(H,28,30)(H,29,31). The number of rotatable bonds is 8. The summed E-state index contributed by atoms with van der Waals surface area (Å²) < 4.78 is 11.3.